The minimum atomic E-state index is -0.378. The smallest absolute Gasteiger partial charge is 0.333 e. The first kappa shape index (κ1) is 12.5. The molecule has 0 spiro atoms. The Kier molecular flexibility index (Phi) is 5.13. The number of hydrogen-bond donors (Lipinski definition) is 0. The van der Waals surface area contributed by atoms with Crippen molar-refractivity contribution in [3.05, 3.63) is 12.2 Å². The Labute approximate surface area is 101 Å². The van der Waals surface area contributed by atoms with Gasteiger partial charge in [0.2, 0.25) is 0 Å². The van der Waals surface area contributed by atoms with E-state index in [1.165, 1.54) is 23.1 Å². The average Bonchev–Trinajstić information content (AvgIpc) is 2.65. The molecule has 1 aromatic heterocycles. The second-order valence-corrected chi connectivity index (χ2v) is 5.71. The van der Waals surface area contributed by atoms with Gasteiger partial charge in [-0.2, -0.15) is 0 Å². The Balaban J connectivity index is 2.31. The predicted molar refractivity (Wildman–Crippen MR) is 63.3 cm³/mol. The SMILES string of the molecule is C=C(C)C(=O)OCSc1nnc(SC)s1. The van der Waals surface area contributed by atoms with Crippen LogP contribution < -0.4 is 0 Å². The summed E-state index contributed by atoms with van der Waals surface area (Å²) < 4.78 is 6.61. The molecule has 0 aliphatic carbocycles. The summed E-state index contributed by atoms with van der Waals surface area (Å²) in [5.41, 5.74) is 0.401. The fraction of sp³-hybridized carbons (Fsp3) is 0.375. The van der Waals surface area contributed by atoms with Crippen LogP contribution >= 0.6 is 34.9 Å². The highest BCUT2D eigenvalue weighted by Gasteiger charge is 2.06. The number of aromatic nitrogens is 2. The van der Waals surface area contributed by atoms with Gasteiger partial charge in [0.25, 0.3) is 0 Å². The predicted octanol–water partition coefficient (Wildman–Crippen LogP) is 2.43. The van der Waals surface area contributed by atoms with Crippen molar-refractivity contribution in [1.82, 2.24) is 10.2 Å². The van der Waals surface area contributed by atoms with E-state index in [9.17, 15) is 4.79 Å². The highest BCUT2D eigenvalue weighted by atomic mass is 32.2. The third-order valence-corrected chi connectivity index (χ3v) is 4.14. The molecule has 0 bridgehead atoms. The summed E-state index contributed by atoms with van der Waals surface area (Å²) in [5.74, 6) is -0.133. The summed E-state index contributed by atoms with van der Waals surface area (Å²) in [7, 11) is 0. The molecule has 0 aliphatic rings. The van der Waals surface area contributed by atoms with Crippen LogP contribution in [0.25, 0.3) is 0 Å². The fourth-order valence-corrected chi connectivity index (χ4v) is 2.74. The van der Waals surface area contributed by atoms with Crippen LogP contribution in [0.15, 0.2) is 20.8 Å². The van der Waals surface area contributed by atoms with E-state index in [4.69, 9.17) is 4.74 Å². The van der Waals surface area contributed by atoms with Gasteiger partial charge in [-0.05, 0) is 13.2 Å². The van der Waals surface area contributed by atoms with Crippen molar-refractivity contribution in [2.75, 3.05) is 12.2 Å². The van der Waals surface area contributed by atoms with Crippen molar-refractivity contribution < 1.29 is 9.53 Å². The van der Waals surface area contributed by atoms with Gasteiger partial charge in [0.15, 0.2) is 8.68 Å². The van der Waals surface area contributed by atoms with Gasteiger partial charge >= 0.3 is 5.97 Å². The second-order valence-electron chi connectivity index (χ2n) is 2.51. The Hall–Kier alpha value is -0.530. The molecule has 7 heteroatoms. The maximum absolute atomic E-state index is 11.0. The van der Waals surface area contributed by atoms with Gasteiger partial charge in [0, 0.05) is 5.57 Å². The van der Waals surface area contributed by atoms with E-state index in [-0.39, 0.29) is 11.9 Å². The molecule has 1 aromatic rings. The molecule has 0 aromatic carbocycles. The lowest BCUT2D eigenvalue weighted by atomic mass is 10.4. The second kappa shape index (κ2) is 6.14. The maximum Gasteiger partial charge on any atom is 0.333 e. The van der Waals surface area contributed by atoms with Crippen molar-refractivity contribution >= 4 is 40.8 Å². The van der Waals surface area contributed by atoms with E-state index in [1.54, 1.807) is 18.7 Å². The molecule has 0 saturated heterocycles. The standard InChI is InChI=1S/C8H10N2O2S3/c1-5(2)6(11)12-4-14-8-10-9-7(13-3)15-8/h1,4H2,2-3H3. The van der Waals surface area contributed by atoms with E-state index < -0.39 is 0 Å². The number of thioether (sulfide) groups is 2. The topological polar surface area (TPSA) is 52.1 Å². The number of ether oxygens (including phenoxy) is 1. The molecular weight excluding hydrogens is 252 g/mol. The molecule has 0 unspecified atom stereocenters. The third kappa shape index (κ3) is 4.23. The summed E-state index contributed by atoms with van der Waals surface area (Å²) in [6, 6.07) is 0. The number of carbonyl (C=O) groups is 1. The van der Waals surface area contributed by atoms with Crippen LogP contribution in [0.2, 0.25) is 0 Å². The van der Waals surface area contributed by atoms with Crippen molar-refractivity contribution in [3.8, 4) is 0 Å². The Morgan fingerprint density at radius 2 is 2.20 bits per heavy atom. The average molecular weight is 262 g/mol. The van der Waals surface area contributed by atoms with Gasteiger partial charge in [-0.15, -0.1) is 10.2 Å². The van der Waals surface area contributed by atoms with E-state index in [0.717, 1.165) is 8.68 Å². The van der Waals surface area contributed by atoms with Gasteiger partial charge in [-0.3, -0.25) is 0 Å². The Bertz CT molecular complexity index is 365. The lowest BCUT2D eigenvalue weighted by Crippen LogP contribution is -2.03. The highest BCUT2D eigenvalue weighted by molar-refractivity contribution is 8.02. The molecule has 1 heterocycles. The molecule has 0 aliphatic heterocycles. The van der Waals surface area contributed by atoms with Gasteiger partial charge in [0.05, 0.1) is 0 Å². The highest BCUT2D eigenvalue weighted by Crippen LogP contribution is 2.27. The number of carbonyl (C=O) groups excluding carboxylic acids is 1. The van der Waals surface area contributed by atoms with Gasteiger partial charge in [-0.1, -0.05) is 41.4 Å². The first-order valence-corrected chi connectivity index (χ1v) is 6.99. The van der Waals surface area contributed by atoms with Crippen molar-refractivity contribution in [3.63, 3.8) is 0 Å². The van der Waals surface area contributed by atoms with E-state index >= 15 is 0 Å². The molecule has 15 heavy (non-hydrogen) atoms. The molecular formula is C8H10N2O2S3. The fourth-order valence-electron chi connectivity index (χ4n) is 0.595. The number of rotatable bonds is 5. The summed E-state index contributed by atoms with van der Waals surface area (Å²) in [5, 5.41) is 7.85. The largest absolute Gasteiger partial charge is 0.451 e. The minimum Gasteiger partial charge on any atom is -0.451 e. The van der Waals surface area contributed by atoms with E-state index in [1.807, 2.05) is 6.26 Å². The third-order valence-electron chi connectivity index (χ3n) is 1.28. The normalized spacial score (nSPS) is 10.0. The minimum absolute atomic E-state index is 0.245. The Morgan fingerprint density at radius 3 is 2.73 bits per heavy atom. The van der Waals surface area contributed by atoms with E-state index in [2.05, 4.69) is 16.8 Å². The molecule has 0 atom stereocenters. The van der Waals surface area contributed by atoms with Crippen LogP contribution in [0.4, 0.5) is 0 Å². The van der Waals surface area contributed by atoms with Crippen LogP contribution in [0.3, 0.4) is 0 Å². The number of esters is 1. The zero-order chi connectivity index (χ0) is 11.3. The lowest BCUT2D eigenvalue weighted by molar-refractivity contribution is -0.136. The first-order valence-electron chi connectivity index (χ1n) is 3.96. The van der Waals surface area contributed by atoms with Crippen LogP contribution in [0.5, 0.6) is 0 Å². The van der Waals surface area contributed by atoms with Gasteiger partial charge in [0.1, 0.15) is 5.94 Å². The molecule has 4 nitrogen and oxygen atoms in total. The Morgan fingerprint density at radius 1 is 1.53 bits per heavy atom. The maximum atomic E-state index is 11.0. The van der Waals surface area contributed by atoms with Gasteiger partial charge in [-0.25, -0.2) is 4.79 Å². The summed E-state index contributed by atoms with van der Waals surface area (Å²) in [6.07, 6.45) is 1.94. The molecule has 82 valence electrons. The zero-order valence-electron chi connectivity index (χ0n) is 8.35. The van der Waals surface area contributed by atoms with E-state index in [0.29, 0.717) is 5.57 Å². The van der Waals surface area contributed by atoms with Crippen molar-refractivity contribution in [1.29, 1.82) is 0 Å². The van der Waals surface area contributed by atoms with Crippen LogP contribution in [-0.4, -0.2) is 28.4 Å². The quantitative estimate of drug-likeness (QED) is 0.351. The monoisotopic (exact) mass is 262 g/mol. The molecule has 0 radical (unpaired) electrons. The number of hydrogen-bond acceptors (Lipinski definition) is 7. The van der Waals surface area contributed by atoms with Crippen LogP contribution in [-0.2, 0) is 9.53 Å². The van der Waals surface area contributed by atoms with Crippen molar-refractivity contribution in [2.24, 2.45) is 0 Å². The van der Waals surface area contributed by atoms with Crippen LogP contribution in [0, 0.1) is 0 Å². The summed E-state index contributed by atoms with van der Waals surface area (Å²) in [4.78, 5) is 11.0. The molecule has 0 N–H and O–H groups in total. The molecule has 0 fully saturated rings. The zero-order valence-corrected chi connectivity index (χ0v) is 10.8. The summed E-state index contributed by atoms with van der Waals surface area (Å²) >= 11 is 4.38. The lowest BCUT2D eigenvalue weighted by Gasteiger charge is -2.00. The van der Waals surface area contributed by atoms with Crippen molar-refractivity contribution in [2.45, 2.75) is 15.6 Å². The summed E-state index contributed by atoms with van der Waals surface area (Å²) in [6.45, 7) is 5.10. The number of nitrogens with zero attached hydrogens (tertiary/aromatic N) is 2. The molecule has 1 rings (SSSR count). The van der Waals surface area contributed by atoms with Gasteiger partial charge < -0.3 is 4.74 Å². The molecule has 0 saturated carbocycles. The molecule has 0 amide bonds. The first-order chi connectivity index (χ1) is 7.13. The van der Waals surface area contributed by atoms with Crippen LogP contribution in [0.1, 0.15) is 6.92 Å².